The predicted octanol–water partition coefficient (Wildman–Crippen LogP) is 5.83. The summed E-state index contributed by atoms with van der Waals surface area (Å²) in [6.07, 6.45) is 5.26. The zero-order valence-corrected chi connectivity index (χ0v) is 24.7. The molecule has 0 spiro atoms. The minimum absolute atomic E-state index is 0.0520. The zero-order valence-electron chi connectivity index (χ0n) is 23.2. The van der Waals surface area contributed by atoms with E-state index in [1.54, 1.807) is 48.7 Å². The van der Waals surface area contributed by atoms with Crippen molar-refractivity contribution in [3.8, 4) is 11.3 Å². The monoisotopic (exact) mass is 606 g/mol. The first-order chi connectivity index (χ1) is 20.2. The van der Waals surface area contributed by atoms with E-state index in [0.717, 1.165) is 37.4 Å². The summed E-state index contributed by atoms with van der Waals surface area (Å²) in [6, 6.07) is 20.7. The Balaban J connectivity index is 1.17. The first-order valence-corrected chi connectivity index (χ1v) is 15.6. The van der Waals surface area contributed by atoms with Crippen molar-refractivity contribution in [3.63, 3.8) is 0 Å². The average molecular weight is 607 g/mol. The van der Waals surface area contributed by atoms with Gasteiger partial charge in [0.1, 0.15) is 5.82 Å². The Kier molecular flexibility index (Phi) is 9.36. The number of sulfone groups is 1. The standard InChI is InChI=1S/C31H32ClFN6O2S/c1-38-16-18-39(19-17-38)15-2-20-42(40,41)28-11-9-27(10-12-28)36-31-34-14-13-30(37-31)23-4-7-26(8-5-23)35-22-24-3-6-25(32)21-29(24)33/h2-15,21,35H,16-20,22H2,1H3,(H,34,36,37). The van der Waals surface area contributed by atoms with Crippen molar-refractivity contribution < 1.29 is 12.8 Å². The third kappa shape index (κ3) is 7.84. The Bertz CT molecular complexity index is 1640. The molecule has 4 aromatic rings. The molecular formula is C31H32ClFN6O2S. The van der Waals surface area contributed by atoms with Gasteiger partial charge in [-0.05, 0) is 67.8 Å². The van der Waals surface area contributed by atoms with Crippen molar-refractivity contribution in [2.75, 3.05) is 49.6 Å². The Hall–Kier alpha value is -3.99. The summed E-state index contributed by atoms with van der Waals surface area (Å²) in [7, 11) is -1.36. The summed E-state index contributed by atoms with van der Waals surface area (Å²) in [6.45, 7) is 4.06. The van der Waals surface area contributed by atoms with Gasteiger partial charge in [0.2, 0.25) is 5.95 Å². The number of halogens is 2. The minimum Gasteiger partial charge on any atom is -0.381 e. The summed E-state index contributed by atoms with van der Waals surface area (Å²) in [4.78, 5) is 13.6. The van der Waals surface area contributed by atoms with Gasteiger partial charge in [0, 0.05) is 66.4 Å². The second-order valence-corrected chi connectivity index (χ2v) is 12.6. The number of hydrogen-bond donors (Lipinski definition) is 2. The number of anilines is 3. The smallest absolute Gasteiger partial charge is 0.227 e. The van der Waals surface area contributed by atoms with Crippen molar-refractivity contribution in [3.05, 3.63) is 108 Å². The van der Waals surface area contributed by atoms with E-state index in [2.05, 4.69) is 37.4 Å². The van der Waals surface area contributed by atoms with Gasteiger partial charge >= 0.3 is 0 Å². The van der Waals surface area contributed by atoms with Crippen LogP contribution >= 0.6 is 11.6 Å². The van der Waals surface area contributed by atoms with Gasteiger partial charge in [-0.1, -0.05) is 35.9 Å². The molecule has 2 N–H and O–H groups in total. The van der Waals surface area contributed by atoms with Crippen LogP contribution in [0.15, 0.2) is 96.2 Å². The molecule has 2 heterocycles. The molecule has 1 aliphatic rings. The highest BCUT2D eigenvalue weighted by Crippen LogP contribution is 2.23. The summed E-state index contributed by atoms with van der Waals surface area (Å²) in [5, 5.41) is 6.72. The normalized spacial score (nSPS) is 14.3. The molecule has 3 aromatic carbocycles. The molecule has 218 valence electrons. The lowest BCUT2D eigenvalue weighted by Crippen LogP contribution is -2.41. The molecule has 0 radical (unpaired) electrons. The Morgan fingerprint density at radius 1 is 0.952 bits per heavy atom. The summed E-state index contributed by atoms with van der Waals surface area (Å²) in [5.41, 5.74) is 3.64. The van der Waals surface area contributed by atoms with Gasteiger partial charge < -0.3 is 20.4 Å². The summed E-state index contributed by atoms with van der Waals surface area (Å²) < 4.78 is 39.7. The number of piperazine rings is 1. The SMILES string of the molecule is CN1CCN(C=CCS(=O)(=O)c2ccc(Nc3nccc(-c4ccc(NCc5ccc(Cl)cc5F)cc4)n3)cc2)CC1. The van der Waals surface area contributed by atoms with E-state index < -0.39 is 9.84 Å². The highest BCUT2D eigenvalue weighted by atomic mass is 35.5. The maximum Gasteiger partial charge on any atom is 0.227 e. The van der Waals surface area contributed by atoms with Crippen LogP contribution in [0, 0.1) is 5.82 Å². The molecular weight excluding hydrogens is 575 g/mol. The molecule has 1 aliphatic heterocycles. The Morgan fingerprint density at radius 2 is 1.67 bits per heavy atom. The second kappa shape index (κ2) is 13.3. The third-order valence-electron chi connectivity index (χ3n) is 6.97. The maximum absolute atomic E-state index is 14.0. The van der Waals surface area contributed by atoms with E-state index in [1.807, 2.05) is 36.5 Å². The van der Waals surface area contributed by atoms with Gasteiger partial charge in [0.25, 0.3) is 0 Å². The van der Waals surface area contributed by atoms with Crippen molar-refractivity contribution in [2.45, 2.75) is 11.4 Å². The van der Waals surface area contributed by atoms with Gasteiger partial charge in [-0.15, -0.1) is 0 Å². The molecule has 0 aliphatic carbocycles. The second-order valence-electron chi connectivity index (χ2n) is 10.1. The van der Waals surface area contributed by atoms with Crippen molar-refractivity contribution in [2.24, 2.45) is 0 Å². The lowest BCUT2D eigenvalue weighted by molar-refractivity contribution is 0.198. The number of aromatic nitrogens is 2. The lowest BCUT2D eigenvalue weighted by Gasteiger charge is -2.31. The molecule has 0 unspecified atom stereocenters. The summed E-state index contributed by atoms with van der Waals surface area (Å²) in [5.74, 6) is -0.0137. The van der Waals surface area contributed by atoms with Crippen LogP contribution in [-0.4, -0.2) is 67.2 Å². The molecule has 5 rings (SSSR count). The highest BCUT2D eigenvalue weighted by molar-refractivity contribution is 7.91. The molecule has 0 atom stereocenters. The van der Waals surface area contributed by atoms with Crippen LogP contribution in [0.3, 0.4) is 0 Å². The van der Waals surface area contributed by atoms with E-state index in [4.69, 9.17) is 11.6 Å². The molecule has 8 nitrogen and oxygen atoms in total. The molecule has 0 bridgehead atoms. The van der Waals surface area contributed by atoms with Crippen molar-refractivity contribution in [1.82, 2.24) is 19.8 Å². The fraction of sp³-hybridized carbons (Fsp3) is 0.226. The quantitative estimate of drug-likeness (QED) is 0.233. The van der Waals surface area contributed by atoms with Crippen LogP contribution in [0.2, 0.25) is 5.02 Å². The Labute approximate surface area is 250 Å². The first-order valence-electron chi connectivity index (χ1n) is 13.6. The fourth-order valence-electron chi connectivity index (χ4n) is 4.46. The van der Waals surface area contributed by atoms with Crippen LogP contribution in [0.25, 0.3) is 11.3 Å². The molecule has 11 heteroatoms. The molecule has 0 saturated carbocycles. The lowest BCUT2D eigenvalue weighted by atomic mass is 10.1. The van der Waals surface area contributed by atoms with Crippen LogP contribution in [0.1, 0.15) is 5.56 Å². The van der Waals surface area contributed by atoms with Gasteiger partial charge in [-0.3, -0.25) is 0 Å². The number of benzene rings is 3. The van der Waals surface area contributed by atoms with Crippen molar-refractivity contribution >= 4 is 38.8 Å². The van der Waals surface area contributed by atoms with Crippen LogP contribution in [0.4, 0.5) is 21.7 Å². The largest absolute Gasteiger partial charge is 0.381 e. The topological polar surface area (TPSA) is 90.5 Å². The third-order valence-corrected chi connectivity index (χ3v) is 8.83. The van der Waals surface area contributed by atoms with Gasteiger partial charge in [0.15, 0.2) is 9.84 Å². The minimum atomic E-state index is -3.44. The van der Waals surface area contributed by atoms with Crippen LogP contribution in [-0.2, 0) is 16.4 Å². The van der Waals surface area contributed by atoms with Crippen LogP contribution < -0.4 is 10.6 Å². The van der Waals surface area contributed by atoms with E-state index in [0.29, 0.717) is 34.5 Å². The van der Waals surface area contributed by atoms with E-state index in [1.165, 1.54) is 6.07 Å². The van der Waals surface area contributed by atoms with E-state index >= 15 is 0 Å². The number of likely N-dealkylation sites (N-methyl/N-ethyl adjacent to an activating group) is 1. The van der Waals surface area contributed by atoms with E-state index in [9.17, 15) is 12.8 Å². The van der Waals surface area contributed by atoms with E-state index in [-0.39, 0.29) is 16.5 Å². The molecule has 1 aromatic heterocycles. The maximum atomic E-state index is 14.0. The zero-order chi connectivity index (χ0) is 29.5. The highest BCUT2D eigenvalue weighted by Gasteiger charge is 2.14. The van der Waals surface area contributed by atoms with Crippen molar-refractivity contribution in [1.29, 1.82) is 0 Å². The molecule has 42 heavy (non-hydrogen) atoms. The number of nitrogens with one attached hydrogen (secondary N) is 2. The van der Waals surface area contributed by atoms with Gasteiger partial charge in [0.05, 0.1) is 16.3 Å². The molecule has 1 fully saturated rings. The van der Waals surface area contributed by atoms with Gasteiger partial charge in [-0.2, -0.15) is 0 Å². The summed E-state index contributed by atoms with van der Waals surface area (Å²) >= 11 is 5.83. The van der Waals surface area contributed by atoms with Gasteiger partial charge in [-0.25, -0.2) is 22.8 Å². The number of rotatable bonds is 10. The molecule has 1 saturated heterocycles. The first kappa shape index (κ1) is 29.5. The Morgan fingerprint density at radius 3 is 2.38 bits per heavy atom. The van der Waals surface area contributed by atoms with Crippen LogP contribution in [0.5, 0.6) is 0 Å². The average Bonchev–Trinajstić information content (AvgIpc) is 2.98. The number of nitrogens with zero attached hydrogens (tertiary/aromatic N) is 4. The fourth-order valence-corrected chi connectivity index (χ4v) is 5.70. The number of hydrogen-bond acceptors (Lipinski definition) is 8. The molecule has 0 amide bonds. The predicted molar refractivity (Wildman–Crippen MR) is 166 cm³/mol.